The Morgan fingerprint density at radius 2 is 2.18 bits per heavy atom. The first kappa shape index (κ1) is 13.8. The number of Topliss-reactive ketones (excluding diaryl/α,β-unsaturated/α-hetero) is 1. The molecule has 0 heterocycles. The maximum Gasteiger partial charge on any atom is 0.137 e. The fraction of sp³-hybridized carbons (Fsp3) is 0.500. The van der Waals surface area contributed by atoms with Crippen LogP contribution in [0.5, 0.6) is 0 Å². The molecule has 17 heavy (non-hydrogen) atoms. The van der Waals surface area contributed by atoms with Crippen molar-refractivity contribution in [1.82, 2.24) is 5.32 Å². The summed E-state index contributed by atoms with van der Waals surface area (Å²) in [4.78, 5) is 11.6. The van der Waals surface area contributed by atoms with Crippen molar-refractivity contribution in [1.29, 1.82) is 0 Å². The maximum absolute atomic E-state index is 12.9. The zero-order valence-corrected chi connectivity index (χ0v) is 10.5. The number of benzene rings is 1. The Bertz CT molecular complexity index is 363. The molecule has 0 amide bonds. The number of carbonyl (C=O) groups excluding carboxylic acids is 1. The van der Waals surface area contributed by atoms with Crippen LogP contribution < -0.4 is 5.32 Å². The molecule has 94 valence electrons. The van der Waals surface area contributed by atoms with Gasteiger partial charge in [0.25, 0.3) is 0 Å². The highest BCUT2D eigenvalue weighted by Crippen LogP contribution is 2.06. The molecule has 1 rings (SSSR count). The molecule has 0 radical (unpaired) electrons. The van der Waals surface area contributed by atoms with Gasteiger partial charge in [-0.1, -0.05) is 26.0 Å². The van der Waals surface area contributed by atoms with Crippen molar-refractivity contribution in [3.63, 3.8) is 0 Å². The number of nitrogens with one attached hydrogen (secondary N) is 1. The molecule has 0 fully saturated rings. The highest BCUT2D eigenvalue weighted by atomic mass is 19.1. The van der Waals surface area contributed by atoms with Gasteiger partial charge in [0, 0.05) is 18.9 Å². The molecule has 1 aromatic rings. The maximum atomic E-state index is 12.9. The molecule has 0 aliphatic carbocycles. The first-order valence-corrected chi connectivity index (χ1v) is 6.07. The van der Waals surface area contributed by atoms with Crippen LogP contribution in [0.2, 0.25) is 0 Å². The SMILES string of the molecule is CC(C)NCCCC(=O)Cc1cccc(F)c1. The number of hydrogen-bond donors (Lipinski definition) is 1. The molecule has 0 unspecified atom stereocenters. The van der Waals surface area contributed by atoms with Crippen LogP contribution >= 0.6 is 0 Å². The Morgan fingerprint density at radius 1 is 1.41 bits per heavy atom. The van der Waals surface area contributed by atoms with E-state index in [0.717, 1.165) is 18.5 Å². The average molecular weight is 237 g/mol. The van der Waals surface area contributed by atoms with Gasteiger partial charge in [-0.15, -0.1) is 0 Å². The first-order chi connectivity index (χ1) is 8.08. The second-order valence-electron chi connectivity index (χ2n) is 4.56. The van der Waals surface area contributed by atoms with Gasteiger partial charge in [-0.05, 0) is 30.7 Å². The van der Waals surface area contributed by atoms with Crippen molar-refractivity contribution in [2.75, 3.05) is 6.54 Å². The molecule has 0 atom stereocenters. The van der Waals surface area contributed by atoms with Crippen molar-refractivity contribution >= 4 is 5.78 Å². The van der Waals surface area contributed by atoms with Crippen LogP contribution in [0.1, 0.15) is 32.3 Å². The summed E-state index contributed by atoms with van der Waals surface area (Å²) in [5, 5.41) is 3.26. The van der Waals surface area contributed by atoms with E-state index in [0.29, 0.717) is 18.9 Å². The van der Waals surface area contributed by atoms with Crippen LogP contribution in [0.15, 0.2) is 24.3 Å². The highest BCUT2D eigenvalue weighted by Gasteiger charge is 2.04. The van der Waals surface area contributed by atoms with E-state index in [-0.39, 0.29) is 11.6 Å². The summed E-state index contributed by atoms with van der Waals surface area (Å²) in [5.74, 6) is -0.113. The fourth-order valence-corrected chi connectivity index (χ4v) is 1.64. The second kappa shape index (κ2) is 7.17. The van der Waals surface area contributed by atoms with Crippen LogP contribution in [-0.2, 0) is 11.2 Å². The number of rotatable bonds is 7. The smallest absolute Gasteiger partial charge is 0.137 e. The predicted molar refractivity (Wildman–Crippen MR) is 67.5 cm³/mol. The van der Waals surface area contributed by atoms with E-state index < -0.39 is 0 Å². The van der Waals surface area contributed by atoms with E-state index >= 15 is 0 Å². The predicted octanol–water partition coefficient (Wildman–Crippen LogP) is 2.72. The minimum atomic E-state index is -0.281. The van der Waals surface area contributed by atoms with Gasteiger partial charge in [-0.25, -0.2) is 4.39 Å². The van der Waals surface area contributed by atoms with Gasteiger partial charge < -0.3 is 5.32 Å². The van der Waals surface area contributed by atoms with Gasteiger partial charge in [-0.3, -0.25) is 4.79 Å². The lowest BCUT2D eigenvalue weighted by atomic mass is 10.1. The third kappa shape index (κ3) is 6.17. The van der Waals surface area contributed by atoms with E-state index in [9.17, 15) is 9.18 Å². The summed E-state index contributed by atoms with van der Waals surface area (Å²) in [6, 6.07) is 6.68. The zero-order valence-electron chi connectivity index (χ0n) is 10.5. The summed E-state index contributed by atoms with van der Waals surface area (Å²) in [6.45, 7) is 5.01. The minimum Gasteiger partial charge on any atom is -0.315 e. The van der Waals surface area contributed by atoms with Crippen LogP contribution in [-0.4, -0.2) is 18.4 Å². The standard InChI is InChI=1S/C14H20FNO/c1-11(2)16-8-4-7-14(17)10-12-5-3-6-13(15)9-12/h3,5-6,9,11,16H,4,7-8,10H2,1-2H3. The van der Waals surface area contributed by atoms with Gasteiger partial charge in [0.15, 0.2) is 0 Å². The number of hydrogen-bond acceptors (Lipinski definition) is 2. The fourth-order valence-electron chi connectivity index (χ4n) is 1.64. The summed E-state index contributed by atoms with van der Waals surface area (Å²) in [6.07, 6.45) is 1.72. The highest BCUT2D eigenvalue weighted by molar-refractivity contribution is 5.80. The molecule has 0 bridgehead atoms. The molecule has 0 saturated heterocycles. The number of halogens is 1. The van der Waals surface area contributed by atoms with Gasteiger partial charge in [-0.2, -0.15) is 0 Å². The Kier molecular flexibility index (Phi) is 5.84. The molecule has 1 N–H and O–H groups in total. The topological polar surface area (TPSA) is 29.1 Å². The van der Waals surface area contributed by atoms with Gasteiger partial charge >= 0.3 is 0 Å². The number of carbonyl (C=O) groups is 1. The molecule has 0 spiro atoms. The third-order valence-electron chi connectivity index (χ3n) is 2.48. The summed E-state index contributed by atoms with van der Waals surface area (Å²) >= 11 is 0. The minimum absolute atomic E-state index is 0.168. The second-order valence-corrected chi connectivity index (χ2v) is 4.56. The Balaban J connectivity index is 2.25. The average Bonchev–Trinajstić information content (AvgIpc) is 2.24. The monoisotopic (exact) mass is 237 g/mol. The zero-order chi connectivity index (χ0) is 12.7. The van der Waals surface area contributed by atoms with Crippen molar-refractivity contribution in [2.24, 2.45) is 0 Å². The van der Waals surface area contributed by atoms with Crippen molar-refractivity contribution in [3.8, 4) is 0 Å². The van der Waals surface area contributed by atoms with Crippen LogP contribution in [0.4, 0.5) is 4.39 Å². The lowest BCUT2D eigenvalue weighted by Gasteiger charge is -2.07. The summed E-state index contributed by atoms with van der Waals surface area (Å²) in [5.41, 5.74) is 0.756. The Hall–Kier alpha value is -1.22. The molecule has 0 saturated carbocycles. The lowest BCUT2D eigenvalue weighted by Crippen LogP contribution is -2.24. The summed E-state index contributed by atoms with van der Waals surface area (Å²) in [7, 11) is 0. The normalized spacial score (nSPS) is 10.8. The van der Waals surface area contributed by atoms with Crippen LogP contribution in [0, 0.1) is 5.82 Å². The summed E-state index contributed by atoms with van der Waals surface area (Å²) < 4.78 is 12.9. The van der Waals surface area contributed by atoms with Crippen molar-refractivity contribution < 1.29 is 9.18 Å². The molecular formula is C14H20FNO. The largest absolute Gasteiger partial charge is 0.315 e. The Morgan fingerprint density at radius 3 is 2.82 bits per heavy atom. The van der Waals surface area contributed by atoms with E-state index in [1.54, 1.807) is 12.1 Å². The molecule has 2 nitrogen and oxygen atoms in total. The quantitative estimate of drug-likeness (QED) is 0.739. The van der Waals surface area contributed by atoms with Crippen LogP contribution in [0.25, 0.3) is 0 Å². The van der Waals surface area contributed by atoms with Crippen LogP contribution in [0.3, 0.4) is 0 Å². The molecule has 3 heteroatoms. The first-order valence-electron chi connectivity index (χ1n) is 6.07. The molecular weight excluding hydrogens is 217 g/mol. The Labute approximate surface area is 102 Å². The van der Waals surface area contributed by atoms with E-state index in [1.165, 1.54) is 12.1 Å². The van der Waals surface area contributed by atoms with Crippen molar-refractivity contribution in [2.45, 2.75) is 39.2 Å². The molecule has 0 aromatic heterocycles. The molecule has 0 aliphatic rings. The number of ketones is 1. The van der Waals surface area contributed by atoms with E-state index in [1.807, 2.05) is 0 Å². The van der Waals surface area contributed by atoms with E-state index in [4.69, 9.17) is 0 Å². The van der Waals surface area contributed by atoms with Gasteiger partial charge in [0.1, 0.15) is 11.6 Å². The van der Waals surface area contributed by atoms with Gasteiger partial charge in [0.05, 0.1) is 0 Å². The van der Waals surface area contributed by atoms with Crippen molar-refractivity contribution in [3.05, 3.63) is 35.6 Å². The molecule has 0 aliphatic heterocycles. The molecule has 1 aromatic carbocycles. The van der Waals surface area contributed by atoms with E-state index in [2.05, 4.69) is 19.2 Å². The lowest BCUT2D eigenvalue weighted by molar-refractivity contribution is -0.118. The van der Waals surface area contributed by atoms with Gasteiger partial charge in [0.2, 0.25) is 0 Å². The third-order valence-corrected chi connectivity index (χ3v) is 2.48.